The van der Waals surface area contributed by atoms with Gasteiger partial charge in [0.25, 0.3) is 5.56 Å². The molecule has 0 aromatic carbocycles. The second-order valence-corrected chi connectivity index (χ2v) is 4.74. The van der Waals surface area contributed by atoms with Gasteiger partial charge in [0, 0.05) is 32.0 Å². The molecular formula is C13H21N3O. The van der Waals surface area contributed by atoms with Crippen molar-refractivity contribution in [1.29, 1.82) is 0 Å². The van der Waals surface area contributed by atoms with Gasteiger partial charge in [-0.1, -0.05) is 19.3 Å². The minimum atomic E-state index is 0.0306. The van der Waals surface area contributed by atoms with Gasteiger partial charge >= 0.3 is 0 Å². The minimum absolute atomic E-state index is 0.0306. The fourth-order valence-electron chi connectivity index (χ4n) is 2.57. The molecule has 0 amide bonds. The van der Waals surface area contributed by atoms with Gasteiger partial charge in [0.2, 0.25) is 0 Å². The lowest BCUT2D eigenvalue weighted by molar-refractivity contribution is 0.424. The summed E-state index contributed by atoms with van der Waals surface area (Å²) in [5.74, 6) is 0.598. The molecule has 1 aliphatic carbocycles. The first kappa shape index (κ1) is 12.1. The van der Waals surface area contributed by atoms with Crippen molar-refractivity contribution < 1.29 is 0 Å². The molecule has 1 fully saturated rings. The first-order valence-electron chi connectivity index (χ1n) is 6.52. The van der Waals surface area contributed by atoms with E-state index >= 15 is 0 Å². The van der Waals surface area contributed by atoms with Crippen LogP contribution in [0.3, 0.4) is 0 Å². The molecule has 0 N–H and O–H groups in total. The Labute approximate surface area is 102 Å². The summed E-state index contributed by atoms with van der Waals surface area (Å²) in [6.45, 7) is 2.68. The minimum Gasteiger partial charge on any atom is -0.352 e. The standard InChI is InChI=1S/C13H21N3O/c1-3-16-10-9-14-12(13(16)17)15(2)11-7-5-4-6-8-11/h9-11H,3-8H2,1-2H3. The van der Waals surface area contributed by atoms with Gasteiger partial charge in [0.05, 0.1) is 0 Å². The number of rotatable bonds is 3. The molecule has 0 spiro atoms. The molecule has 1 heterocycles. The summed E-state index contributed by atoms with van der Waals surface area (Å²) in [5, 5.41) is 0. The van der Waals surface area contributed by atoms with Crippen molar-refractivity contribution in [3.8, 4) is 0 Å². The lowest BCUT2D eigenvalue weighted by Gasteiger charge is -2.31. The van der Waals surface area contributed by atoms with E-state index in [0.717, 1.165) is 0 Å². The fourth-order valence-corrected chi connectivity index (χ4v) is 2.57. The summed E-state index contributed by atoms with van der Waals surface area (Å²) in [6.07, 6.45) is 9.69. The smallest absolute Gasteiger partial charge is 0.293 e. The molecule has 0 bridgehead atoms. The van der Waals surface area contributed by atoms with E-state index in [0.29, 0.717) is 18.4 Å². The van der Waals surface area contributed by atoms with E-state index in [-0.39, 0.29) is 5.56 Å². The van der Waals surface area contributed by atoms with Crippen LogP contribution in [0.25, 0.3) is 0 Å². The van der Waals surface area contributed by atoms with Crippen LogP contribution < -0.4 is 10.5 Å². The van der Waals surface area contributed by atoms with Gasteiger partial charge in [-0.2, -0.15) is 0 Å². The molecule has 17 heavy (non-hydrogen) atoms. The van der Waals surface area contributed by atoms with E-state index in [1.54, 1.807) is 17.0 Å². The van der Waals surface area contributed by atoms with Crippen LogP contribution in [0, 0.1) is 0 Å². The summed E-state index contributed by atoms with van der Waals surface area (Å²) in [5.41, 5.74) is 0.0306. The molecule has 4 heteroatoms. The lowest BCUT2D eigenvalue weighted by Crippen LogP contribution is -2.38. The molecule has 0 aliphatic heterocycles. The number of hydrogen-bond acceptors (Lipinski definition) is 3. The van der Waals surface area contributed by atoms with Crippen molar-refractivity contribution in [2.24, 2.45) is 0 Å². The highest BCUT2D eigenvalue weighted by atomic mass is 16.1. The van der Waals surface area contributed by atoms with Crippen LogP contribution in [0.5, 0.6) is 0 Å². The van der Waals surface area contributed by atoms with Crippen LogP contribution in [0.4, 0.5) is 5.82 Å². The van der Waals surface area contributed by atoms with E-state index in [2.05, 4.69) is 9.88 Å². The van der Waals surface area contributed by atoms with Crippen LogP contribution in [0.1, 0.15) is 39.0 Å². The molecule has 0 saturated heterocycles. The number of anilines is 1. The fraction of sp³-hybridized carbons (Fsp3) is 0.692. The summed E-state index contributed by atoms with van der Waals surface area (Å²) in [7, 11) is 2.00. The second kappa shape index (κ2) is 5.34. The molecule has 94 valence electrons. The third kappa shape index (κ3) is 2.51. The third-order valence-electron chi connectivity index (χ3n) is 3.69. The third-order valence-corrected chi connectivity index (χ3v) is 3.69. The predicted molar refractivity (Wildman–Crippen MR) is 69.4 cm³/mol. The monoisotopic (exact) mass is 235 g/mol. The van der Waals surface area contributed by atoms with Crippen LogP contribution >= 0.6 is 0 Å². The number of hydrogen-bond donors (Lipinski definition) is 0. The van der Waals surface area contributed by atoms with Crippen LogP contribution in [-0.4, -0.2) is 22.6 Å². The van der Waals surface area contributed by atoms with E-state index < -0.39 is 0 Å². The highest BCUT2D eigenvalue weighted by Gasteiger charge is 2.21. The zero-order chi connectivity index (χ0) is 12.3. The zero-order valence-corrected chi connectivity index (χ0v) is 10.7. The van der Waals surface area contributed by atoms with Crippen LogP contribution in [0.2, 0.25) is 0 Å². The van der Waals surface area contributed by atoms with Crippen molar-refractivity contribution in [3.05, 3.63) is 22.7 Å². The van der Waals surface area contributed by atoms with E-state index in [1.807, 2.05) is 14.0 Å². The van der Waals surface area contributed by atoms with E-state index in [9.17, 15) is 4.79 Å². The van der Waals surface area contributed by atoms with Gasteiger partial charge in [-0.3, -0.25) is 4.79 Å². The second-order valence-electron chi connectivity index (χ2n) is 4.74. The first-order valence-corrected chi connectivity index (χ1v) is 6.52. The molecule has 1 aliphatic rings. The predicted octanol–water partition coefficient (Wildman–Crippen LogP) is 2.03. The van der Waals surface area contributed by atoms with Gasteiger partial charge < -0.3 is 9.47 Å². The summed E-state index contributed by atoms with van der Waals surface area (Å²) in [4.78, 5) is 18.5. The molecule has 0 atom stereocenters. The molecule has 4 nitrogen and oxygen atoms in total. The summed E-state index contributed by atoms with van der Waals surface area (Å²) in [6, 6.07) is 0.483. The van der Waals surface area contributed by atoms with Crippen molar-refractivity contribution >= 4 is 5.82 Å². The van der Waals surface area contributed by atoms with Crippen LogP contribution in [-0.2, 0) is 6.54 Å². The lowest BCUT2D eigenvalue weighted by atomic mass is 9.94. The Morgan fingerprint density at radius 1 is 1.41 bits per heavy atom. The topological polar surface area (TPSA) is 38.1 Å². The molecule has 2 rings (SSSR count). The number of nitrogens with zero attached hydrogens (tertiary/aromatic N) is 3. The van der Waals surface area contributed by atoms with Crippen molar-refractivity contribution in [2.75, 3.05) is 11.9 Å². The average molecular weight is 235 g/mol. The zero-order valence-electron chi connectivity index (χ0n) is 10.7. The van der Waals surface area contributed by atoms with Crippen molar-refractivity contribution in [1.82, 2.24) is 9.55 Å². The SMILES string of the molecule is CCn1ccnc(N(C)C2CCCCC2)c1=O. The maximum absolute atomic E-state index is 12.1. The normalized spacial score (nSPS) is 17.1. The number of aryl methyl sites for hydroxylation is 1. The molecule has 0 radical (unpaired) electrons. The quantitative estimate of drug-likeness (QED) is 0.804. The Morgan fingerprint density at radius 2 is 2.12 bits per heavy atom. The van der Waals surface area contributed by atoms with Gasteiger partial charge in [0.1, 0.15) is 0 Å². The Bertz CT molecular complexity index is 421. The van der Waals surface area contributed by atoms with Gasteiger partial charge in [-0.15, -0.1) is 0 Å². The Morgan fingerprint density at radius 3 is 2.76 bits per heavy atom. The molecular weight excluding hydrogens is 214 g/mol. The van der Waals surface area contributed by atoms with Crippen LogP contribution in [0.15, 0.2) is 17.2 Å². The summed E-state index contributed by atoms with van der Waals surface area (Å²) < 4.78 is 1.71. The summed E-state index contributed by atoms with van der Waals surface area (Å²) >= 11 is 0. The largest absolute Gasteiger partial charge is 0.352 e. The van der Waals surface area contributed by atoms with E-state index in [4.69, 9.17) is 0 Å². The maximum Gasteiger partial charge on any atom is 0.293 e. The van der Waals surface area contributed by atoms with Crippen molar-refractivity contribution in [2.45, 2.75) is 51.6 Å². The Kier molecular flexibility index (Phi) is 3.82. The highest BCUT2D eigenvalue weighted by molar-refractivity contribution is 5.36. The molecule has 1 aromatic rings. The molecule has 0 unspecified atom stereocenters. The molecule has 1 aromatic heterocycles. The number of aromatic nitrogens is 2. The Balaban J connectivity index is 2.23. The van der Waals surface area contributed by atoms with Gasteiger partial charge in [-0.25, -0.2) is 4.98 Å². The highest BCUT2D eigenvalue weighted by Crippen LogP contribution is 2.23. The molecule has 1 saturated carbocycles. The first-order chi connectivity index (χ1) is 8.24. The van der Waals surface area contributed by atoms with Gasteiger partial charge in [-0.05, 0) is 19.8 Å². The average Bonchev–Trinajstić information content (AvgIpc) is 2.39. The van der Waals surface area contributed by atoms with Crippen molar-refractivity contribution in [3.63, 3.8) is 0 Å². The van der Waals surface area contributed by atoms with E-state index in [1.165, 1.54) is 32.1 Å². The van der Waals surface area contributed by atoms with Gasteiger partial charge in [0.15, 0.2) is 5.82 Å². The Hall–Kier alpha value is -1.32. The maximum atomic E-state index is 12.1.